The number of carbonyl (C=O) groups excluding carboxylic acids is 3. The Morgan fingerprint density at radius 3 is 2.34 bits per heavy atom. The predicted molar refractivity (Wildman–Crippen MR) is 142 cm³/mol. The van der Waals surface area contributed by atoms with Gasteiger partial charge in [-0.2, -0.15) is 5.10 Å². The number of hydrogen-bond donors (Lipinski definition) is 3. The van der Waals surface area contributed by atoms with E-state index in [2.05, 4.69) is 41.1 Å². The third-order valence-corrected chi connectivity index (χ3v) is 6.20. The van der Waals surface area contributed by atoms with E-state index in [1.165, 1.54) is 11.0 Å². The Hall–Kier alpha value is -4.35. The molecule has 3 N–H and O–H groups in total. The van der Waals surface area contributed by atoms with Crippen molar-refractivity contribution in [2.24, 2.45) is 11.3 Å². The van der Waals surface area contributed by atoms with Gasteiger partial charge in [0.2, 0.25) is 11.8 Å². The average molecular weight is 520 g/mol. The molecule has 4 rings (SSSR count). The average Bonchev–Trinajstić information content (AvgIpc) is 3.46. The molecule has 3 amide bonds. The standard InChI is InChI=1S/C26H33N9O3/c1-26(2,3)25(38)31-20-8-6-18(7-9-20)23(36)28-12-13-29-24(37)19-5-4-14-34(15-19)21-10-11-22(33-32-21)35-17-27-16-30-35/h6-11,16-17,19H,4-5,12-15H2,1-3H3,(H,28,36)(H,29,37)(H,31,38). The first-order chi connectivity index (χ1) is 18.2. The highest BCUT2D eigenvalue weighted by atomic mass is 16.2. The quantitative estimate of drug-likeness (QED) is 0.382. The molecule has 3 heterocycles. The molecule has 1 fully saturated rings. The molecule has 200 valence electrons. The first-order valence-electron chi connectivity index (χ1n) is 12.6. The molecule has 1 aromatic carbocycles. The Labute approximate surface area is 221 Å². The molecule has 12 heteroatoms. The minimum Gasteiger partial charge on any atom is -0.354 e. The Morgan fingerprint density at radius 1 is 0.974 bits per heavy atom. The fourth-order valence-electron chi connectivity index (χ4n) is 3.97. The maximum atomic E-state index is 12.8. The van der Waals surface area contributed by atoms with Crippen molar-refractivity contribution in [1.82, 2.24) is 35.6 Å². The molecule has 1 aliphatic heterocycles. The second-order valence-electron chi connectivity index (χ2n) is 10.2. The maximum absolute atomic E-state index is 12.8. The monoisotopic (exact) mass is 519 g/mol. The van der Waals surface area contributed by atoms with Crippen LogP contribution in [0.2, 0.25) is 0 Å². The van der Waals surface area contributed by atoms with Crippen LogP contribution < -0.4 is 20.9 Å². The lowest BCUT2D eigenvalue weighted by Gasteiger charge is -2.32. The van der Waals surface area contributed by atoms with Gasteiger partial charge in [0.25, 0.3) is 5.91 Å². The van der Waals surface area contributed by atoms with Gasteiger partial charge in [-0.1, -0.05) is 20.8 Å². The van der Waals surface area contributed by atoms with Gasteiger partial charge in [0.1, 0.15) is 12.7 Å². The van der Waals surface area contributed by atoms with E-state index < -0.39 is 5.41 Å². The Morgan fingerprint density at radius 2 is 1.68 bits per heavy atom. The van der Waals surface area contributed by atoms with Crippen LogP contribution in [-0.4, -0.2) is 68.9 Å². The number of nitrogens with one attached hydrogen (secondary N) is 3. The molecular weight excluding hydrogens is 486 g/mol. The molecule has 0 saturated carbocycles. The normalized spacial score (nSPS) is 15.6. The minimum atomic E-state index is -0.505. The van der Waals surface area contributed by atoms with E-state index >= 15 is 0 Å². The van der Waals surface area contributed by atoms with Crippen molar-refractivity contribution in [3.05, 3.63) is 54.6 Å². The van der Waals surface area contributed by atoms with Crippen LogP contribution in [0.3, 0.4) is 0 Å². The van der Waals surface area contributed by atoms with Crippen LogP contribution in [0.25, 0.3) is 5.82 Å². The van der Waals surface area contributed by atoms with E-state index in [0.717, 1.165) is 19.4 Å². The zero-order valence-corrected chi connectivity index (χ0v) is 21.8. The van der Waals surface area contributed by atoms with Gasteiger partial charge >= 0.3 is 0 Å². The number of anilines is 2. The summed E-state index contributed by atoms with van der Waals surface area (Å²) in [4.78, 5) is 43.3. The van der Waals surface area contributed by atoms with E-state index in [0.29, 0.717) is 42.5 Å². The van der Waals surface area contributed by atoms with Crippen LogP contribution in [-0.2, 0) is 9.59 Å². The number of amides is 3. The summed E-state index contributed by atoms with van der Waals surface area (Å²) in [7, 11) is 0. The number of nitrogens with zero attached hydrogens (tertiary/aromatic N) is 6. The van der Waals surface area contributed by atoms with Gasteiger partial charge in [-0.3, -0.25) is 14.4 Å². The summed E-state index contributed by atoms with van der Waals surface area (Å²) >= 11 is 0. The summed E-state index contributed by atoms with van der Waals surface area (Å²) in [6.45, 7) is 7.49. The molecule has 1 aliphatic rings. The van der Waals surface area contributed by atoms with Crippen LogP contribution in [0.1, 0.15) is 44.0 Å². The largest absolute Gasteiger partial charge is 0.354 e. The lowest BCUT2D eigenvalue weighted by Crippen LogP contribution is -2.45. The Bertz CT molecular complexity index is 1240. The molecule has 3 aromatic rings. The fraction of sp³-hybridized carbons (Fsp3) is 0.423. The van der Waals surface area contributed by atoms with E-state index in [1.54, 1.807) is 30.6 Å². The zero-order chi connectivity index (χ0) is 27.1. The highest BCUT2D eigenvalue weighted by molar-refractivity contribution is 5.97. The van der Waals surface area contributed by atoms with Crippen molar-refractivity contribution in [1.29, 1.82) is 0 Å². The van der Waals surface area contributed by atoms with E-state index in [9.17, 15) is 14.4 Å². The third kappa shape index (κ3) is 6.90. The number of rotatable bonds is 8. The van der Waals surface area contributed by atoms with Crippen LogP contribution in [0.5, 0.6) is 0 Å². The smallest absolute Gasteiger partial charge is 0.251 e. The van der Waals surface area contributed by atoms with Crippen molar-refractivity contribution in [2.75, 3.05) is 36.4 Å². The number of hydrogen-bond acceptors (Lipinski definition) is 8. The topological polar surface area (TPSA) is 147 Å². The van der Waals surface area contributed by atoms with Crippen LogP contribution >= 0.6 is 0 Å². The SMILES string of the molecule is CC(C)(C)C(=O)Nc1ccc(C(=O)NCCNC(=O)C2CCCN(c3ccc(-n4cncn4)nn3)C2)cc1. The first kappa shape index (κ1) is 26.7. The van der Waals surface area contributed by atoms with Crippen molar-refractivity contribution >= 4 is 29.2 Å². The molecule has 0 radical (unpaired) electrons. The van der Waals surface area contributed by atoms with Crippen molar-refractivity contribution in [2.45, 2.75) is 33.6 Å². The third-order valence-electron chi connectivity index (χ3n) is 6.20. The molecule has 1 unspecified atom stereocenters. The molecule has 1 saturated heterocycles. The highest BCUT2D eigenvalue weighted by Gasteiger charge is 2.26. The van der Waals surface area contributed by atoms with E-state index in [1.807, 2.05) is 32.9 Å². The van der Waals surface area contributed by atoms with Gasteiger partial charge in [0.15, 0.2) is 11.6 Å². The van der Waals surface area contributed by atoms with Gasteiger partial charge in [0.05, 0.1) is 5.92 Å². The van der Waals surface area contributed by atoms with E-state index in [4.69, 9.17) is 0 Å². The summed E-state index contributed by atoms with van der Waals surface area (Å²) in [5, 5.41) is 21.1. The number of aromatic nitrogens is 5. The molecule has 0 spiro atoms. The van der Waals surface area contributed by atoms with Crippen molar-refractivity contribution in [3.63, 3.8) is 0 Å². The summed E-state index contributed by atoms with van der Waals surface area (Å²) in [5.74, 6) is 0.720. The lowest BCUT2D eigenvalue weighted by molar-refractivity contribution is -0.125. The highest BCUT2D eigenvalue weighted by Crippen LogP contribution is 2.22. The van der Waals surface area contributed by atoms with Gasteiger partial charge in [-0.15, -0.1) is 10.2 Å². The number of carbonyl (C=O) groups is 3. The van der Waals surface area contributed by atoms with Gasteiger partial charge in [-0.05, 0) is 49.2 Å². The van der Waals surface area contributed by atoms with Gasteiger partial charge in [0, 0.05) is 42.8 Å². The predicted octanol–water partition coefficient (Wildman–Crippen LogP) is 1.80. The van der Waals surface area contributed by atoms with E-state index in [-0.39, 0.29) is 23.6 Å². The van der Waals surface area contributed by atoms with Crippen molar-refractivity contribution in [3.8, 4) is 5.82 Å². The van der Waals surface area contributed by atoms with Crippen LogP contribution in [0.4, 0.5) is 11.5 Å². The first-order valence-corrected chi connectivity index (χ1v) is 12.6. The van der Waals surface area contributed by atoms with Crippen LogP contribution in [0, 0.1) is 11.3 Å². The van der Waals surface area contributed by atoms with Crippen molar-refractivity contribution < 1.29 is 14.4 Å². The minimum absolute atomic E-state index is 0.0462. The Balaban J connectivity index is 1.20. The summed E-state index contributed by atoms with van der Waals surface area (Å²) < 4.78 is 1.53. The maximum Gasteiger partial charge on any atom is 0.251 e. The number of benzene rings is 1. The molecule has 2 aromatic heterocycles. The molecule has 0 bridgehead atoms. The summed E-state index contributed by atoms with van der Waals surface area (Å²) in [6.07, 6.45) is 4.65. The molecule has 38 heavy (non-hydrogen) atoms. The second kappa shape index (κ2) is 11.8. The molecule has 12 nitrogen and oxygen atoms in total. The molecule has 0 aliphatic carbocycles. The summed E-state index contributed by atoms with van der Waals surface area (Å²) in [6, 6.07) is 10.4. The Kier molecular flexibility index (Phi) is 8.29. The van der Waals surface area contributed by atoms with Gasteiger partial charge in [-0.25, -0.2) is 9.67 Å². The number of piperidine rings is 1. The molecule has 1 atom stereocenters. The zero-order valence-electron chi connectivity index (χ0n) is 21.8. The van der Waals surface area contributed by atoms with Crippen LogP contribution in [0.15, 0.2) is 49.1 Å². The second-order valence-corrected chi connectivity index (χ2v) is 10.2. The fourth-order valence-corrected chi connectivity index (χ4v) is 3.97. The molecular formula is C26H33N9O3. The lowest BCUT2D eigenvalue weighted by atomic mass is 9.95. The summed E-state index contributed by atoms with van der Waals surface area (Å²) in [5.41, 5.74) is 0.603. The van der Waals surface area contributed by atoms with Gasteiger partial charge < -0.3 is 20.9 Å².